The number of benzene rings is 1. The molecule has 2 heterocycles. The van der Waals surface area contributed by atoms with Crippen LogP contribution in [0.1, 0.15) is 20.8 Å². The van der Waals surface area contributed by atoms with Crippen molar-refractivity contribution < 1.29 is 18.7 Å². The van der Waals surface area contributed by atoms with Crippen LogP contribution in [0.4, 0.5) is 21.7 Å². The summed E-state index contributed by atoms with van der Waals surface area (Å²) in [6, 6.07) is 7.64. The predicted molar refractivity (Wildman–Crippen MR) is 95.3 cm³/mol. The van der Waals surface area contributed by atoms with E-state index in [-0.39, 0.29) is 11.6 Å². The maximum atomic E-state index is 13.0. The van der Waals surface area contributed by atoms with Gasteiger partial charge in [-0.3, -0.25) is 14.5 Å². The average Bonchev–Trinajstić information content (AvgIpc) is 2.58. The number of nitrogens with one attached hydrogen (secondary N) is 1. The van der Waals surface area contributed by atoms with Gasteiger partial charge in [-0.15, -0.1) is 0 Å². The fourth-order valence-corrected chi connectivity index (χ4v) is 2.66. The first-order valence-electron chi connectivity index (χ1n) is 8.04. The highest BCUT2D eigenvalue weighted by atomic mass is 19.1. The molecule has 2 aromatic rings. The summed E-state index contributed by atoms with van der Waals surface area (Å²) < 4.78 is 18.7. The Hall–Kier alpha value is -3.16. The maximum Gasteiger partial charge on any atom is 0.272 e. The highest BCUT2D eigenvalue weighted by molar-refractivity contribution is 6.08. The van der Waals surface area contributed by atoms with Crippen LogP contribution in [-0.2, 0) is 9.59 Å². The molecule has 0 aliphatic carbocycles. The van der Waals surface area contributed by atoms with Gasteiger partial charge in [-0.1, -0.05) is 0 Å². The van der Waals surface area contributed by atoms with E-state index in [9.17, 15) is 14.0 Å². The molecule has 136 valence electrons. The third-order valence-corrected chi connectivity index (χ3v) is 4.07. The van der Waals surface area contributed by atoms with E-state index < -0.39 is 29.3 Å². The number of hydrogen-bond acceptors (Lipinski definition) is 5. The van der Waals surface area contributed by atoms with Crippen LogP contribution in [0.2, 0.25) is 0 Å². The summed E-state index contributed by atoms with van der Waals surface area (Å²) >= 11 is 0. The van der Waals surface area contributed by atoms with Crippen molar-refractivity contribution in [2.75, 3.05) is 16.0 Å². The standard InChI is InChI=1S/C18H19FN4O3/c1-10(16(24)21-12-6-4-11(19)5-7-12)23-15-13(8-9-14(20)22-15)26-18(2,3)17(23)25/h4-10H,1-3H3,(H2,20,22)(H,21,24). The molecule has 1 aliphatic heterocycles. The molecule has 0 saturated heterocycles. The molecule has 3 rings (SSSR count). The van der Waals surface area contributed by atoms with Crippen LogP contribution in [0, 0.1) is 5.82 Å². The van der Waals surface area contributed by atoms with Crippen LogP contribution >= 0.6 is 0 Å². The van der Waals surface area contributed by atoms with Gasteiger partial charge in [-0.2, -0.15) is 0 Å². The van der Waals surface area contributed by atoms with Crippen molar-refractivity contribution in [1.82, 2.24) is 4.98 Å². The second-order valence-electron chi connectivity index (χ2n) is 6.52. The SMILES string of the molecule is CC(C(=O)Nc1ccc(F)cc1)N1C(=O)C(C)(C)Oc2ccc(N)nc21. The number of carbonyl (C=O) groups excluding carboxylic acids is 2. The van der Waals surface area contributed by atoms with Crippen LogP contribution in [-0.4, -0.2) is 28.4 Å². The molecule has 0 radical (unpaired) electrons. The van der Waals surface area contributed by atoms with Crippen molar-refractivity contribution >= 4 is 29.1 Å². The largest absolute Gasteiger partial charge is 0.474 e. The Morgan fingerprint density at radius 3 is 2.58 bits per heavy atom. The van der Waals surface area contributed by atoms with E-state index in [0.717, 1.165) is 0 Å². The second-order valence-corrected chi connectivity index (χ2v) is 6.52. The van der Waals surface area contributed by atoms with Gasteiger partial charge in [-0.05, 0) is 57.2 Å². The van der Waals surface area contributed by atoms with E-state index in [2.05, 4.69) is 10.3 Å². The number of ether oxygens (including phenoxy) is 1. The monoisotopic (exact) mass is 358 g/mol. The summed E-state index contributed by atoms with van der Waals surface area (Å²) in [5.74, 6) is -0.505. The highest BCUT2D eigenvalue weighted by Gasteiger charge is 2.45. The molecular weight excluding hydrogens is 339 g/mol. The Morgan fingerprint density at radius 2 is 1.92 bits per heavy atom. The first-order chi connectivity index (χ1) is 12.2. The van der Waals surface area contributed by atoms with Crippen molar-refractivity contribution in [3.8, 4) is 5.75 Å². The summed E-state index contributed by atoms with van der Waals surface area (Å²) in [6.45, 7) is 4.81. The molecule has 1 aliphatic rings. The third-order valence-electron chi connectivity index (χ3n) is 4.07. The van der Waals surface area contributed by atoms with Gasteiger partial charge in [0.1, 0.15) is 17.7 Å². The van der Waals surface area contributed by atoms with E-state index in [1.807, 2.05) is 0 Å². The Kier molecular flexibility index (Phi) is 4.27. The third kappa shape index (κ3) is 3.17. The van der Waals surface area contributed by atoms with E-state index in [4.69, 9.17) is 10.5 Å². The van der Waals surface area contributed by atoms with Crippen molar-refractivity contribution in [2.24, 2.45) is 0 Å². The smallest absolute Gasteiger partial charge is 0.272 e. The molecule has 1 atom stereocenters. The molecule has 0 spiro atoms. The summed E-state index contributed by atoms with van der Waals surface area (Å²) in [4.78, 5) is 30.9. The molecule has 1 aromatic heterocycles. The minimum absolute atomic E-state index is 0.191. The lowest BCUT2D eigenvalue weighted by Gasteiger charge is -2.40. The fourth-order valence-electron chi connectivity index (χ4n) is 2.66. The minimum atomic E-state index is -1.16. The van der Waals surface area contributed by atoms with E-state index in [1.165, 1.54) is 29.2 Å². The predicted octanol–water partition coefficient (Wildman–Crippen LogP) is 2.33. The van der Waals surface area contributed by atoms with Gasteiger partial charge in [0.25, 0.3) is 5.91 Å². The summed E-state index contributed by atoms with van der Waals surface area (Å²) in [6.07, 6.45) is 0. The number of aromatic nitrogens is 1. The van der Waals surface area contributed by atoms with Crippen LogP contribution < -0.4 is 20.7 Å². The molecule has 26 heavy (non-hydrogen) atoms. The summed E-state index contributed by atoms with van der Waals surface area (Å²) in [5, 5.41) is 2.66. The Labute approximate surface area is 150 Å². The number of amides is 2. The Morgan fingerprint density at radius 1 is 1.27 bits per heavy atom. The quantitative estimate of drug-likeness (QED) is 0.878. The second kappa shape index (κ2) is 6.29. The van der Waals surface area contributed by atoms with Crippen molar-refractivity contribution in [3.63, 3.8) is 0 Å². The molecule has 2 amide bonds. The van der Waals surface area contributed by atoms with Gasteiger partial charge in [0.15, 0.2) is 17.2 Å². The fraction of sp³-hybridized carbons (Fsp3) is 0.278. The van der Waals surface area contributed by atoms with E-state index in [1.54, 1.807) is 32.9 Å². The highest BCUT2D eigenvalue weighted by Crippen LogP contribution is 2.38. The Bertz CT molecular complexity index is 867. The number of nitrogens with two attached hydrogens (primary N) is 1. The zero-order valence-corrected chi connectivity index (χ0v) is 14.6. The lowest BCUT2D eigenvalue weighted by molar-refractivity contribution is -0.134. The number of nitrogens with zero attached hydrogens (tertiary/aromatic N) is 2. The number of carbonyl (C=O) groups is 2. The molecule has 1 aromatic carbocycles. The minimum Gasteiger partial charge on any atom is -0.474 e. The molecule has 8 heteroatoms. The van der Waals surface area contributed by atoms with Crippen molar-refractivity contribution in [2.45, 2.75) is 32.4 Å². The zero-order chi connectivity index (χ0) is 19.1. The first kappa shape index (κ1) is 17.7. The van der Waals surface area contributed by atoms with E-state index >= 15 is 0 Å². The molecule has 7 nitrogen and oxygen atoms in total. The molecule has 0 bridgehead atoms. The van der Waals surface area contributed by atoms with Gasteiger partial charge in [-0.25, -0.2) is 9.37 Å². The van der Waals surface area contributed by atoms with Gasteiger partial charge in [0, 0.05) is 5.69 Å². The van der Waals surface area contributed by atoms with Crippen LogP contribution in [0.5, 0.6) is 5.75 Å². The zero-order valence-electron chi connectivity index (χ0n) is 14.6. The summed E-state index contributed by atoms with van der Waals surface area (Å²) in [5.41, 5.74) is 4.99. The number of hydrogen-bond donors (Lipinski definition) is 2. The summed E-state index contributed by atoms with van der Waals surface area (Å²) in [7, 11) is 0. The van der Waals surface area contributed by atoms with E-state index in [0.29, 0.717) is 11.4 Å². The van der Waals surface area contributed by atoms with Crippen LogP contribution in [0.3, 0.4) is 0 Å². The Balaban J connectivity index is 1.93. The molecule has 0 saturated carbocycles. The number of halogens is 1. The average molecular weight is 358 g/mol. The van der Waals surface area contributed by atoms with Crippen molar-refractivity contribution in [3.05, 3.63) is 42.2 Å². The van der Waals surface area contributed by atoms with Crippen molar-refractivity contribution in [1.29, 1.82) is 0 Å². The van der Waals surface area contributed by atoms with Gasteiger partial charge in [0.2, 0.25) is 5.91 Å². The lowest BCUT2D eigenvalue weighted by Crippen LogP contribution is -2.58. The van der Waals surface area contributed by atoms with Crippen LogP contribution in [0.15, 0.2) is 36.4 Å². The number of fused-ring (bicyclic) bond motifs is 1. The number of anilines is 3. The number of nitrogen functional groups attached to an aromatic ring is 1. The number of pyridine rings is 1. The van der Waals surface area contributed by atoms with Gasteiger partial charge >= 0.3 is 0 Å². The van der Waals surface area contributed by atoms with Crippen LogP contribution in [0.25, 0.3) is 0 Å². The lowest BCUT2D eigenvalue weighted by atomic mass is 10.0. The molecule has 3 N–H and O–H groups in total. The molecule has 0 fully saturated rings. The maximum absolute atomic E-state index is 13.0. The van der Waals surface area contributed by atoms with Gasteiger partial charge < -0.3 is 15.8 Å². The first-order valence-corrected chi connectivity index (χ1v) is 8.04. The normalized spacial score (nSPS) is 16.5. The molecular formula is C18H19FN4O3. The topological polar surface area (TPSA) is 97.5 Å². The number of rotatable bonds is 3. The van der Waals surface area contributed by atoms with Gasteiger partial charge in [0.05, 0.1) is 0 Å². The molecule has 1 unspecified atom stereocenters.